The second kappa shape index (κ2) is 7.77. The van der Waals surface area contributed by atoms with Crippen molar-refractivity contribution >= 4 is 0 Å². The van der Waals surface area contributed by atoms with Gasteiger partial charge in [-0.25, -0.2) is 0 Å². The number of nitrogens with one attached hydrogen (secondary N) is 1. The molecule has 0 saturated carbocycles. The van der Waals surface area contributed by atoms with Crippen molar-refractivity contribution in [2.45, 2.75) is 51.7 Å². The van der Waals surface area contributed by atoms with E-state index in [9.17, 15) is 5.11 Å². The second-order valence-corrected chi connectivity index (χ2v) is 6.41. The molecule has 2 unspecified atom stereocenters. The summed E-state index contributed by atoms with van der Waals surface area (Å²) >= 11 is 0. The zero-order chi connectivity index (χ0) is 15.2. The molecule has 1 aromatic carbocycles. The molecule has 1 aromatic rings. The Balaban J connectivity index is 2.56. The average Bonchev–Trinajstić information content (AvgIpc) is 2.41. The largest absolute Gasteiger partial charge is 0.387 e. The molecular formula is C17H29NO2. The maximum absolute atomic E-state index is 10.3. The van der Waals surface area contributed by atoms with E-state index in [1.807, 2.05) is 19.1 Å². The van der Waals surface area contributed by atoms with Gasteiger partial charge in [-0.15, -0.1) is 0 Å². The molecule has 3 heteroatoms. The van der Waals surface area contributed by atoms with Gasteiger partial charge in [0.25, 0.3) is 0 Å². The van der Waals surface area contributed by atoms with Crippen LogP contribution in [-0.2, 0) is 10.2 Å². The molecule has 0 aliphatic rings. The highest BCUT2D eigenvalue weighted by molar-refractivity contribution is 5.29. The normalized spacial score (nSPS) is 15.1. The second-order valence-electron chi connectivity index (χ2n) is 6.41. The maximum Gasteiger partial charge on any atom is 0.0940 e. The number of hydrogen-bond donors (Lipinski definition) is 2. The summed E-state index contributed by atoms with van der Waals surface area (Å²) in [5, 5.41) is 13.7. The molecule has 3 nitrogen and oxygen atoms in total. The third-order valence-electron chi connectivity index (χ3n) is 3.58. The quantitative estimate of drug-likeness (QED) is 0.754. The highest BCUT2D eigenvalue weighted by Crippen LogP contribution is 2.24. The lowest BCUT2D eigenvalue weighted by molar-refractivity contribution is 0.132. The van der Waals surface area contributed by atoms with Crippen molar-refractivity contribution < 1.29 is 9.84 Å². The van der Waals surface area contributed by atoms with Crippen molar-refractivity contribution in [2.75, 3.05) is 20.3 Å². The zero-order valence-electron chi connectivity index (χ0n) is 13.4. The van der Waals surface area contributed by atoms with Crippen LogP contribution in [0.15, 0.2) is 24.3 Å². The summed E-state index contributed by atoms with van der Waals surface area (Å²) in [5.74, 6) is 0. The Morgan fingerprint density at radius 1 is 1.20 bits per heavy atom. The minimum atomic E-state index is -0.480. The molecule has 0 bridgehead atoms. The summed E-state index contributed by atoms with van der Waals surface area (Å²) in [7, 11) is 1.70. The first kappa shape index (κ1) is 17.2. The van der Waals surface area contributed by atoms with Crippen LogP contribution >= 0.6 is 0 Å². The van der Waals surface area contributed by atoms with Crippen LogP contribution in [0.25, 0.3) is 0 Å². The molecule has 0 heterocycles. The first-order chi connectivity index (χ1) is 9.36. The van der Waals surface area contributed by atoms with Crippen molar-refractivity contribution in [1.29, 1.82) is 0 Å². The Hall–Kier alpha value is -0.900. The standard InChI is InChI=1S/C17H29NO2/c1-13(18-11-6-12-20-5)16(19)14-7-9-15(10-8-14)17(2,3)4/h7-10,13,16,18-19H,6,11-12H2,1-5H3. The van der Waals surface area contributed by atoms with E-state index in [1.54, 1.807) is 7.11 Å². The van der Waals surface area contributed by atoms with Crippen molar-refractivity contribution in [3.05, 3.63) is 35.4 Å². The van der Waals surface area contributed by atoms with Gasteiger partial charge in [0.1, 0.15) is 0 Å². The summed E-state index contributed by atoms with van der Waals surface area (Å²) in [5.41, 5.74) is 2.40. The van der Waals surface area contributed by atoms with Gasteiger partial charge in [-0.1, -0.05) is 45.0 Å². The van der Waals surface area contributed by atoms with Crippen LogP contribution in [0.3, 0.4) is 0 Å². The molecular weight excluding hydrogens is 250 g/mol. The van der Waals surface area contributed by atoms with Gasteiger partial charge in [0.2, 0.25) is 0 Å². The SMILES string of the molecule is COCCCNC(C)C(O)c1ccc(C(C)(C)C)cc1. The molecule has 2 atom stereocenters. The van der Waals surface area contributed by atoms with E-state index in [0.717, 1.165) is 25.1 Å². The molecule has 20 heavy (non-hydrogen) atoms. The Bertz CT molecular complexity index is 381. The van der Waals surface area contributed by atoms with Gasteiger partial charge >= 0.3 is 0 Å². The Morgan fingerprint density at radius 3 is 2.30 bits per heavy atom. The van der Waals surface area contributed by atoms with Gasteiger partial charge in [0, 0.05) is 19.8 Å². The van der Waals surface area contributed by atoms with Gasteiger partial charge in [0.15, 0.2) is 0 Å². The van der Waals surface area contributed by atoms with E-state index >= 15 is 0 Å². The lowest BCUT2D eigenvalue weighted by Gasteiger charge is -2.23. The first-order valence-corrected chi connectivity index (χ1v) is 7.37. The molecule has 0 aliphatic heterocycles. The molecule has 2 N–H and O–H groups in total. The predicted octanol–water partition coefficient (Wildman–Crippen LogP) is 3.03. The molecule has 114 valence electrons. The van der Waals surface area contributed by atoms with Crippen molar-refractivity contribution in [3.63, 3.8) is 0 Å². The Labute approximate surface area is 123 Å². The van der Waals surface area contributed by atoms with Crippen molar-refractivity contribution in [1.82, 2.24) is 5.32 Å². The number of aliphatic hydroxyl groups excluding tert-OH is 1. The van der Waals surface area contributed by atoms with Crippen LogP contribution in [0.4, 0.5) is 0 Å². The van der Waals surface area contributed by atoms with Gasteiger partial charge in [-0.05, 0) is 36.4 Å². The summed E-state index contributed by atoms with van der Waals surface area (Å²) in [6.07, 6.45) is 0.475. The van der Waals surface area contributed by atoms with E-state index in [-0.39, 0.29) is 11.5 Å². The third-order valence-corrected chi connectivity index (χ3v) is 3.58. The zero-order valence-corrected chi connectivity index (χ0v) is 13.4. The van der Waals surface area contributed by atoms with E-state index in [2.05, 4.69) is 38.2 Å². The van der Waals surface area contributed by atoms with Crippen LogP contribution in [0, 0.1) is 0 Å². The van der Waals surface area contributed by atoms with Gasteiger partial charge in [0.05, 0.1) is 6.10 Å². The highest BCUT2D eigenvalue weighted by atomic mass is 16.5. The average molecular weight is 279 g/mol. The lowest BCUT2D eigenvalue weighted by atomic mass is 9.86. The molecule has 0 amide bonds. The fourth-order valence-electron chi connectivity index (χ4n) is 2.13. The lowest BCUT2D eigenvalue weighted by Crippen LogP contribution is -2.33. The number of methoxy groups -OCH3 is 1. The number of benzene rings is 1. The summed E-state index contributed by atoms with van der Waals surface area (Å²) < 4.78 is 5.01. The van der Waals surface area contributed by atoms with Crippen LogP contribution in [0.5, 0.6) is 0 Å². The van der Waals surface area contributed by atoms with Gasteiger partial charge in [-0.3, -0.25) is 0 Å². The molecule has 0 spiro atoms. The maximum atomic E-state index is 10.3. The third kappa shape index (κ3) is 5.23. The topological polar surface area (TPSA) is 41.5 Å². The van der Waals surface area contributed by atoms with E-state index in [4.69, 9.17) is 4.74 Å². The summed E-state index contributed by atoms with van der Waals surface area (Å²) in [6.45, 7) is 10.2. The highest BCUT2D eigenvalue weighted by Gasteiger charge is 2.17. The fourth-order valence-corrected chi connectivity index (χ4v) is 2.13. The number of hydrogen-bond acceptors (Lipinski definition) is 3. The van der Waals surface area contributed by atoms with Crippen LogP contribution < -0.4 is 5.32 Å². The Kier molecular flexibility index (Phi) is 6.66. The minimum absolute atomic E-state index is 0.0346. The number of rotatable bonds is 7. The van der Waals surface area contributed by atoms with Crippen molar-refractivity contribution in [3.8, 4) is 0 Å². The van der Waals surface area contributed by atoms with Crippen LogP contribution in [0.2, 0.25) is 0 Å². The predicted molar refractivity (Wildman–Crippen MR) is 84.1 cm³/mol. The molecule has 0 fully saturated rings. The van der Waals surface area contributed by atoms with E-state index in [1.165, 1.54) is 5.56 Å². The number of ether oxygens (including phenoxy) is 1. The van der Waals surface area contributed by atoms with E-state index < -0.39 is 6.10 Å². The first-order valence-electron chi connectivity index (χ1n) is 7.37. The minimum Gasteiger partial charge on any atom is -0.387 e. The summed E-state index contributed by atoms with van der Waals surface area (Å²) in [6, 6.07) is 8.30. The van der Waals surface area contributed by atoms with Gasteiger partial charge < -0.3 is 15.2 Å². The van der Waals surface area contributed by atoms with Crippen LogP contribution in [-0.4, -0.2) is 31.4 Å². The smallest absolute Gasteiger partial charge is 0.0940 e. The van der Waals surface area contributed by atoms with Gasteiger partial charge in [-0.2, -0.15) is 0 Å². The number of aliphatic hydroxyl groups is 1. The van der Waals surface area contributed by atoms with Crippen LogP contribution in [0.1, 0.15) is 51.3 Å². The summed E-state index contributed by atoms with van der Waals surface area (Å²) in [4.78, 5) is 0. The molecule has 0 aliphatic carbocycles. The molecule has 0 radical (unpaired) electrons. The van der Waals surface area contributed by atoms with E-state index in [0.29, 0.717) is 0 Å². The monoisotopic (exact) mass is 279 g/mol. The molecule has 1 rings (SSSR count). The van der Waals surface area contributed by atoms with Crippen molar-refractivity contribution in [2.24, 2.45) is 0 Å². The molecule has 0 aromatic heterocycles. The fraction of sp³-hybridized carbons (Fsp3) is 0.647. The molecule has 0 saturated heterocycles. The Morgan fingerprint density at radius 2 is 1.80 bits per heavy atom.